The van der Waals surface area contributed by atoms with Crippen molar-refractivity contribution in [2.75, 3.05) is 13.7 Å². The van der Waals surface area contributed by atoms with Crippen LogP contribution in [0.3, 0.4) is 0 Å². The number of thiophene rings is 1. The number of ether oxygens (including phenoxy) is 1. The van der Waals surface area contributed by atoms with Crippen molar-refractivity contribution in [1.82, 2.24) is 5.32 Å². The number of hydrogen-bond donors (Lipinski definition) is 2. The highest BCUT2D eigenvalue weighted by Crippen LogP contribution is 2.24. The first-order valence-corrected chi connectivity index (χ1v) is 5.93. The van der Waals surface area contributed by atoms with Gasteiger partial charge in [-0.1, -0.05) is 0 Å². The summed E-state index contributed by atoms with van der Waals surface area (Å²) in [5.41, 5.74) is -0.0379. The molecule has 2 N–H and O–H groups in total. The van der Waals surface area contributed by atoms with Gasteiger partial charge in [0.25, 0.3) is 0 Å². The smallest absolute Gasteiger partial charge is 0.134 e. The van der Waals surface area contributed by atoms with Crippen LogP contribution < -0.4 is 10.1 Å². The molecule has 3 nitrogen and oxygen atoms in total. The third kappa shape index (κ3) is 3.81. The van der Waals surface area contributed by atoms with E-state index in [-0.39, 0.29) is 12.1 Å². The molecule has 1 aromatic heterocycles. The second-order valence-electron chi connectivity index (χ2n) is 4.12. The molecule has 0 aliphatic rings. The van der Waals surface area contributed by atoms with Crippen molar-refractivity contribution in [3.63, 3.8) is 0 Å². The third-order valence-corrected chi connectivity index (χ3v) is 3.29. The van der Waals surface area contributed by atoms with Crippen LogP contribution in [0.4, 0.5) is 0 Å². The molecule has 1 heterocycles. The average molecular weight is 229 g/mol. The van der Waals surface area contributed by atoms with E-state index in [0.717, 1.165) is 18.7 Å². The average Bonchev–Trinajstić information content (AvgIpc) is 2.62. The van der Waals surface area contributed by atoms with E-state index < -0.39 is 0 Å². The largest absolute Gasteiger partial charge is 0.496 e. The summed E-state index contributed by atoms with van der Waals surface area (Å²) >= 11 is 1.68. The van der Waals surface area contributed by atoms with Crippen molar-refractivity contribution in [2.45, 2.75) is 32.4 Å². The predicted molar refractivity (Wildman–Crippen MR) is 63.5 cm³/mol. The Kier molecular flexibility index (Phi) is 4.57. The van der Waals surface area contributed by atoms with Gasteiger partial charge in [0.05, 0.1) is 12.0 Å². The summed E-state index contributed by atoms with van der Waals surface area (Å²) < 4.78 is 5.23. The van der Waals surface area contributed by atoms with Crippen LogP contribution in [0.25, 0.3) is 0 Å². The van der Waals surface area contributed by atoms with E-state index in [1.807, 2.05) is 11.4 Å². The molecule has 15 heavy (non-hydrogen) atoms. The first-order chi connectivity index (χ1) is 7.09. The summed E-state index contributed by atoms with van der Waals surface area (Å²) in [4.78, 5) is 1.20. The molecule has 0 saturated heterocycles. The molecule has 0 aromatic carbocycles. The lowest BCUT2D eigenvalue weighted by molar-refractivity contribution is 0.230. The van der Waals surface area contributed by atoms with Crippen LogP contribution in [-0.4, -0.2) is 24.4 Å². The molecule has 0 radical (unpaired) electrons. The van der Waals surface area contributed by atoms with Gasteiger partial charge in [-0.15, -0.1) is 11.3 Å². The van der Waals surface area contributed by atoms with Gasteiger partial charge in [0.15, 0.2) is 0 Å². The van der Waals surface area contributed by atoms with Gasteiger partial charge in [-0.2, -0.15) is 0 Å². The highest BCUT2D eigenvalue weighted by molar-refractivity contribution is 7.10. The van der Waals surface area contributed by atoms with Gasteiger partial charge in [0.2, 0.25) is 0 Å². The van der Waals surface area contributed by atoms with Crippen molar-refractivity contribution in [3.05, 3.63) is 16.3 Å². The van der Waals surface area contributed by atoms with E-state index in [1.165, 1.54) is 4.88 Å². The van der Waals surface area contributed by atoms with Crippen LogP contribution in [-0.2, 0) is 6.54 Å². The minimum atomic E-state index is -0.0379. The second kappa shape index (κ2) is 5.49. The summed E-state index contributed by atoms with van der Waals surface area (Å²) in [6.45, 7) is 5.17. The Balaban J connectivity index is 2.49. The fourth-order valence-corrected chi connectivity index (χ4v) is 2.11. The zero-order valence-corrected chi connectivity index (χ0v) is 10.4. The number of rotatable bonds is 6. The normalized spacial score (nSPS) is 11.7. The van der Waals surface area contributed by atoms with E-state index in [9.17, 15) is 0 Å². The summed E-state index contributed by atoms with van der Waals surface area (Å²) in [5.74, 6) is 0.937. The standard InChI is InChI=1S/C11H19NO2S/c1-11(2,5-6-13)12-8-10-9(14-3)4-7-15-10/h4,7,12-13H,5-6,8H2,1-3H3. The molecule has 1 aromatic rings. The molecule has 0 atom stereocenters. The lowest BCUT2D eigenvalue weighted by Crippen LogP contribution is -2.39. The Hall–Kier alpha value is -0.580. The molecule has 0 amide bonds. The van der Waals surface area contributed by atoms with E-state index in [1.54, 1.807) is 18.4 Å². The van der Waals surface area contributed by atoms with Gasteiger partial charge < -0.3 is 15.2 Å². The van der Waals surface area contributed by atoms with Gasteiger partial charge >= 0.3 is 0 Å². The molecule has 0 saturated carbocycles. The lowest BCUT2D eigenvalue weighted by Gasteiger charge is -2.25. The van der Waals surface area contributed by atoms with Crippen molar-refractivity contribution in [2.24, 2.45) is 0 Å². The minimum Gasteiger partial charge on any atom is -0.496 e. The topological polar surface area (TPSA) is 41.5 Å². The van der Waals surface area contributed by atoms with E-state index in [0.29, 0.717) is 0 Å². The Bertz CT molecular complexity index is 297. The first-order valence-electron chi connectivity index (χ1n) is 5.05. The first kappa shape index (κ1) is 12.5. The third-order valence-electron chi connectivity index (χ3n) is 2.39. The fraction of sp³-hybridized carbons (Fsp3) is 0.636. The summed E-state index contributed by atoms with van der Waals surface area (Å²) in [6, 6.07) is 1.97. The quantitative estimate of drug-likeness (QED) is 0.784. The van der Waals surface area contributed by atoms with Gasteiger partial charge in [0, 0.05) is 18.7 Å². The SMILES string of the molecule is COc1ccsc1CNC(C)(C)CCO. The van der Waals surface area contributed by atoms with Crippen LogP contribution in [0.2, 0.25) is 0 Å². The molecule has 86 valence electrons. The molecular weight excluding hydrogens is 210 g/mol. The molecular formula is C11H19NO2S. The van der Waals surface area contributed by atoms with Crippen LogP contribution in [0.5, 0.6) is 5.75 Å². The van der Waals surface area contributed by atoms with E-state index in [4.69, 9.17) is 9.84 Å². The van der Waals surface area contributed by atoms with Crippen LogP contribution >= 0.6 is 11.3 Å². The van der Waals surface area contributed by atoms with Crippen LogP contribution in [0.15, 0.2) is 11.4 Å². The van der Waals surface area contributed by atoms with Crippen LogP contribution in [0, 0.1) is 0 Å². The molecule has 0 unspecified atom stereocenters. The van der Waals surface area contributed by atoms with Crippen molar-refractivity contribution < 1.29 is 9.84 Å². The Morgan fingerprint density at radius 3 is 2.87 bits per heavy atom. The fourth-order valence-electron chi connectivity index (χ4n) is 1.33. The Morgan fingerprint density at radius 2 is 2.27 bits per heavy atom. The maximum atomic E-state index is 8.90. The Morgan fingerprint density at radius 1 is 1.53 bits per heavy atom. The molecule has 1 rings (SSSR count). The van der Waals surface area contributed by atoms with Gasteiger partial charge in [-0.3, -0.25) is 0 Å². The van der Waals surface area contributed by atoms with Crippen molar-refractivity contribution in [3.8, 4) is 5.75 Å². The maximum absolute atomic E-state index is 8.90. The molecule has 0 fully saturated rings. The maximum Gasteiger partial charge on any atom is 0.134 e. The summed E-state index contributed by atoms with van der Waals surface area (Å²) in [7, 11) is 1.68. The number of hydrogen-bond acceptors (Lipinski definition) is 4. The lowest BCUT2D eigenvalue weighted by atomic mass is 10.0. The predicted octanol–water partition coefficient (Wildman–Crippen LogP) is 2.01. The van der Waals surface area contributed by atoms with Crippen LogP contribution in [0.1, 0.15) is 25.1 Å². The molecule has 4 heteroatoms. The zero-order valence-electron chi connectivity index (χ0n) is 9.54. The highest BCUT2D eigenvalue weighted by Gasteiger charge is 2.17. The molecule has 0 aliphatic carbocycles. The highest BCUT2D eigenvalue weighted by atomic mass is 32.1. The number of aliphatic hydroxyl groups excluding tert-OH is 1. The van der Waals surface area contributed by atoms with Crippen molar-refractivity contribution >= 4 is 11.3 Å². The van der Waals surface area contributed by atoms with Crippen molar-refractivity contribution in [1.29, 1.82) is 0 Å². The number of nitrogens with one attached hydrogen (secondary N) is 1. The van der Waals surface area contributed by atoms with E-state index >= 15 is 0 Å². The number of methoxy groups -OCH3 is 1. The second-order valence-corrected chi connectivity index (χ2v) is 5.12. The van der Waals surface area contributed by atoms with Gasteiger partial charge in [-0.25, -0.2) is 0 Å². The Labute approximate surface area is 95.1 Å². The minimum absolute atomic E-state index is 0.0379. The van der Waals surface area contributed by atoms with Gasteiger partial charge in [-0.05, 0) is 31.7 Å². The van der Waals surface area contributed by atoms with Gasteiger partial charge in [0.1, 0.15) is 5.75 Å². The molecule has 0 bridgehead atoms. The number of aliphatic hydroxyl groups is 1. The zero-order chi connectivity index (χ0) is 11.3. The molecule has 0 aliphatic heterocycles. The summed E-state index contributed by atoms with van der Waals surface area (Å²) in [6.07, 6.45) is 0.751. The monoisotopic (exact) mass is 229 g/mol. The summed E-state index contributed by atoms with van der Waals surface area (Å²) in [5, 5.41) is 14.3. The molecule has 0 spiro atoms. The van der Waals surface area contributed by atoms with E-state index in [2.05, 4.69) is 19.2 Å².